The van der Waals surface area contributed by atoms with E-state index in [4.69, 9.17) is 0 Å². The maximum atomic E-state index is 9.92. The summed E-state index contributed by atoms with van der Waals surface area (Å²) in [6.07, 6.45) is 2.98. The highest BCUT2D eigenvalue weighted by Gasteiger charge is 2.00. The van der Waals surface area contributed by atoms with E-state index in [1.165, 1.54) is 12.5 Å². The summed E-state index contributed by atoms with van der Waals surface area (Å²) in [5.41, 5.74) is 1.18. The summed E-state index contributed by atoms with van der Waals surface area (Å²) in [4.78, 5) is 24.1. The zero-order valence-corrected chi connectivity index (χ0v) is 5.89. The molecule has 0 aromatic carbocycles. The van der Waals surface area contributed by atoms with Gasteiger partial charge in [-0.25, -0.2) is 9.97 Å². The fraction of sp³-hybridized carbons (Fsp3) is 0. The van der Waals surface area contributed by atoms with Crippen molar-refractivity contribution in [2.75, 3.05) is 0 Å². The first-order valence-corrected chi connectivity index (χ1v) is 3.16. The van der Waals surface area contributed by atoms with Crippen molar-refractivity contribution in [1.29, 1.82) is 0 Å². The molecule has 0 saturated carbocycles. The summed E-state index contributed by atoms with van der Waals surface area (Å²) in [5, 5.41) is 0. The largest absolute Gasteiger partial charge is 0.393 e. The smallest absolute Gasteiger partial charge is 0.326 e. The molecular weight excluding hydrogens is 160 g/mol. The second kappa shape index (κ2) is 2.57. The number of hydrogen-bond donors (Lipinski definition) is 1. The number of imidazole rings is 1. The first-order chi connectivity index (χ1) is 5.90. The number of aromatic nitrogens is 4. The first-order valence-electron chi connectivity index (χ1n) is 3.16. The molecule has 0 bridgehead atoms. The van der Waals surface area contributed by atoms with Gasteiger partial charge in [-0.15, -0.1) is 0 Å². The third-order valence-electron chi connectivity index (χ3n) is 1.31. The quantitative estimate of drug-likeness (QED) is 0.626. The molecule has 0 radical (unpaired) electrons. The van der Waals surface area contributed by atoms with Crippen LogP contribution in [0.15, 0.2) is 12.5 Å². The summed E-state index contributed by atoms with van der Waals surface area (Å²) < 4.78 is 4.43. The fourth-order valence-electron chi connectivity index (χ4n) is 0.820. The number of H-pyrrole nitrogens is 1. The van der Waals surface area contributed by atoms with Crippen molar-refractivity contribution in [2.45, 2.75) is 0 Å². The standard InChI is InChI=1S/C6H4N4O2/c11-3-12-6-7-1-4-5(10-6)9-2-8-4/h1-3H,(H,7,8,9,10). The maximum absolute atomic E-state index is 9.92. The van der Waals surface area contributed by atoms with Crippen LogP contribution in [0.5, 0.6) is 6.01 Å². The Hall–Kier alpha value is -1.98. The molecule has 0 saturated heterocycles. The second-order valence-corrected chi connectivity index (χ2v) is 2.01. The van der Waals surface area contributed by atoms with Crippen LogP contribution in [0.3, 0.4) is 0 Å². The van der Waals surface area contributed by atoms with Crippen molar-refractivity contribution in [3.05, 3.63) is 12.5 Å². The average molecular weight is 164 g/mol. The number of hydrogen-bond acceptors (Lipinski definition) is 5. The van der Waals surface area contributed by atoms with Crippen LogP contribution in [0.2, 0.25) is 0 Å². The number of rotatable bonds is 2. The van der Waals surface area contributed by atoms with Gasteiger partial charge in [-0.1, -0.05) is 0 Å². The van der Waals surface area contributed by atoms with Crippen molar-refractivity contribution in [3.8, 4) is 6.01 Å². The van der Waals surface area contributed by atoms with Crippen molar-refractivity contribution in [2.24, 2.45) is 0 Å². The van der Waals surface area contributed by atoms with Crippen LogP contribution in [0.1, 0.15) is 0 Å². The predicted molar refractivity (Wildman–Crippen MR) is 38.4 cm³/mol. The molecule has 2 rings (SSSR count). The van der Waals surface area contributed by atoms with E-state index in [9.17, 15) is 4.79 Å². The Labute approximate surface area is 66.6 Å². The summed E-state index contributed by atoms with van der Waals surface area (Å²) >= 11 is 0. The van der Waals surface area contributed by atoms with Gasteiger partial charge in [0.15, 0.2) is 5.65 Å². The minimum atomic E-state index is 0.00426. The Morgan fingerprint density at radius 1 is 1.50 bits per heavy atom. The van der Waals surface area contributed by atoms with Crippen LogP contribution >= 0.6 is 0 Å². The van der Waals surface area contributed by atoms with Gasteiger partial charge in [-0.05, 0) is 0 Å². The molecule has 2 heterocycles. The topological polar surface area (TPSA) is 80.8 Å². The minimum Gasteiger partial charge on any atom is -0.393 e. The maximum Gasteiger partial charge on any atom is 0.326 e. The van der Waals surface area contributed by atoms with Gasteiger partial charge in [0.1, 0.15) is 5.52 Å². The minimum absolute atomic E-state index is 0.00426. The van der Waals surface area contributed by atoms with Crippen LogP contribution in [0, 0.1) is 0 Å². The van der Waals surface area contributed by atoms with Crippen molar-refractivity contribution in [1.82, 2.24) is 19.9 Å². The second-order valence-electron chi connectivity index (χ2n) is 2.01. The molecule has 0 unspecified atom stereocenters. The van der Waals surface area contributed by atoms with E-state index in [1.54, 1.807) is 0 Å². The lowest BCUT2D eigenvalue weighted by Gasteiger charge is -1.92. The summed E-state index contributed by atoms with van der Waals surface area (Å²) in [5.74, 6) is 0. The van der Waals surface area contributed by atoms with E-state index in [2.05, 4.69) is 24.7 Å². The predicted octanol–water partition coefficient (Wildman–Crippen LogP) is -0.112. The fourth-order valence-corrected chi connectivity index (χ4v) is 0.820. The molecular formula is C6H4N4O2. The zero-order valence-electron chi connectivity index (χ0n) is 5.89. The molecule has 0 aliphatic heterocycles. The molecule has 0 aliphatic rings. The number of carbonyl (C=O) groups is 1. The van der Waals surface area contributed by atoms with E-state index < -0.39 is 0 Å². The molecule has 0 atom stereocenters. The van der Waals surface area contributed by atoms with Gasteiger partial charge in [0.05, 0.1) is 12.5 Å². The molecule has 6 heteroatoms. The van der Waals surface area contributed by atoms with E-state index >= 15 is 0 Å². The molecule has 0 aliphatic carbocycles. The lowest BCUT2D eigenvalue weighted by atomic mass is 10.6. The monoisotopic (exact) mass is 164 g/mol. The molecule has 12 heavy (non-hydrogen) atoms. The molecule has 0 fully saturated rings. The van der Waals surface area contributed by atoms with E-state index in [0.29, 0.717) is 11.2 Å². The van der Waals surface area contributed by atoms with E-state index in [1.807, 2.05) is 0 Å². The van der Waals surface area contributed by atoms with Crippen molar-refractivity contribution in [3.63, 3.8) is 0 Å². The van der Waals surface area contributed by atoms with Crippen LogP contribution in [-0.4, -0.2) is 26.4 Å². The molecule has 0 spiro atoms. The Balaban J connectivity index is 2.52. The summed E-state index contributed by atoms with van der Waals surface area (Å²) in [6, 6.07) is 0.00426. The first kappa shape index (κ1) is 6.71. The molecule has 2 aromatic rings. The highest BCUT2D eigenvalue weighted by Crippen LogP contribution is 2.07. The Kier molecular flexibility index (Phi) is 1.44. The Morgan fingerprint density at radius 2 is 2.42 bits per heavy atom. The summed E-state index contributed by atoms with van der Waals surface area (Å²) in [6.45, 7) is 0.272. The number of nitrogens with zero attached hydrogens (tertiary/aromatic N) is 3. The van der Waals surface area contributed by atoms with Gasteiger partial charge in [0.25, 0.3) is 0 Å². The SMILES string of the molecule is O=COc1ncc2[nH]cnc2n1. The van der Waals surface area contributed by atoms with Gasteiger partial charge in [-0.3, -0.25) is 4.79 Å². The number of fused-ring (bicyclic) bond motifs is 1. The Bertz CT molecular complexity index is 411. The highest BCUT2D eigenvalue weighted by molar-refractivity contribution is 5.68. The van der Waals surface area contributed by atoms with E-state index in [0.717, 1.165) is 0 Å². The van der Waals surface area contributed by atoms with Gasteiger partial charge < -0.3 is 9.72 Å². The molecule has 6 nitrogen and oxygen atoms in total. The van der Waals surface area contributed by atoms with Crippen LogP contribution < -0.4 is 4.74 Å². The normalized spacial score (nSPS) is 10.0. The molecule has 0 amide bonds. The number of carbonyl (C=O) groups excluding carboxylic acids is 1. The average Bonchev–Trinajstić information content (AvgIpc) is 2.51. The molecule has 2 aromatic heterocycles. The third-order valence-corrected chi connectivity index (χ3v) is 1.31. The van der Waals surface area contributed by atoms with Crippen molar-refractivity contribution < 1.29 is 9.53 Å². The van der Waals surface area contributed by atoms with Crippen LogP contribution in [-0.2, 0) is 4.79 Å². The molecule has 1 N–H and O–H groups in total. The number of aromatic amines is 1. The lowest BCUT2D eigenvalue weighted by molar-refractivity contribution is -0.121. The summed E-state index contributed by atoms with van der Waals surface area (Å²) in [7, 11) is 0. The van der Waals surface area contributed by atoms with Crippen LogP contribution in [0.4, 0.5) is 0 Å². The number of nitrogens with one attached hydrogen (secondary N) is 1. The number of ether oxygens (including phenoxy) is 1. The van der Waals surface area contributed by atoms with Gasteiger partial charge >= 0.3 is 12.5 Å². The lowest BCUT2D eigenvalue weighted by Crippen LogP contribution is -1.94. The van der Waals surface area contributed by atoms with Crippen LogP contribution in [0.25, 0.3) is 11.2 Å². The highest BCUT2D eigenvalue weighted by atomic mass is 16.5. The van der Waals surface area contributed by atoms with Crippen molar-refractivity contribution >= 4 is 17.6 Å². The molecule has 60 valence electrons. The zero-order chi connectivity index (χ0) is 8.39. The van der Waals surface area contributed by atoms with Gasteiger partial charge in [-0.2, -0.15) is 4.98 Å². The van der Waals surface area contributed by atoms with E-state index in [-0.39, 0.29) is 12.5 Å². The third kappa shape index (κ3) is 0.986. The van der Waals surface area contributed by atoms with Gasteiger partial charge in [0, 0.05) is 0 Å². The Morgan fingerprint density at radius 3 is 3.25 bits per heavy atom. The van der Waals surface area contributed by atoms with Gasteiger partial charge in [0.2, 0.25) is 0 Å².